The van der Waals surface area contributed by atoms with Gasteiger partial charge in [0.1, 0.15) is 0 Å². The van der Waals surface area contributed by atoms with Crippen LogP contribution in [0.2, 0.25) is 0 Å². The summed E-state index contributed by atoms with van der Waals surface area (Å²) >= 11 is 0. The Labute approximate surface area is 155 Å². The summed E-state index contributed by atoms with van der Waals surface area (Å²) in [5.41, 5.74) is 0.690. The first kappa shape index (κ1) is 21.9. The van der Waals surface area contributed by atoms with Crippen molar-refractivity contribution in [1.29, 1.82) is 0 Å². The van der Waals surface area contributed by atoms with Crippen LogP contribution < -0.4 is 0 Å². The summed E-state index contributed by atoms with van der Waals surface area (Å²) in [5, 5.41) is 17.8. The van der Waals surface area contributed by atoms with Crippen LogP contribution in [0.5, 0.6) is 11.5 Å². The topological polar surface area (TPSA) is 40.5 Å². The average molecular weight is 349 g/mol. The Bertz CT molecular complexity index is 401. The van der Waals surface area contributed by atoms with E-state index < -0.39 is 0 Å². The third kappa shape index (κ3) is 8.16. The highest BCUT2D eigenvalue weighted by atomic mass is 16.3. The van der Waals surface area contributed by atoms with Gasteiger partial charge in [-0.25, -0.2) is 0 Å². The summed E-state index contributed by atoms with van der Waals surface area (Å²) in [5.74, 6) is 2.15. The van der Waals surface area contributed by atoms with Gasteiger partial charge in [0, 0.05) is 0 Å². The quantitative estimate of drug-likeness (QED) is 0.411. The van der Waals surface area contributed by atoms with Crippen LogP contribution in [-0.2, 0) is 0 Å². The molecule has 0 atom stereocenters. The zero-order valence-corrected chi connectivity index (χ0v) is 16.8. The molecule has 2 aliphatic carbocycles. The minimum absolute atomic E-state index is 0.0301. The molecule has 3 rings (SSSR count). The third-order valence-corrected chi connectivity index (χ3v) is 5.68. The van der Waals surface area contributed by atoms with Gasteiger partial charge in [0.25, 0.3) is 0 Å². The van der Waals surface area contributed by atoms with E-state index in [1.807, 2.05) is 13.8 Å². The normalized spacial score (nSPS) is 19.5. The van der Waals surface area contributed by atoms with Gasteiger partial charge in [0.05, 0.1) is 0 Å². The number of hydrogen-bond donors (Lipinski definition) is 2. The van der Waals surface area contributed by atoms with Crippen LogP contribution in [0.3, 0.4) is 0 Å². The Morgan fingerprint density at radius 3 is 1.40 bits per heavy atom. The molecule has 0 spiro atoms. The van der Waals surface area contributed by atoms with Crippen molar-refractivity contribution >= 4 is 0 Å². The molecular formula is C23H40O2. The smallest absolute Gasteiger partial charge is 0.160 e. The minimum atomic E-state index is -0.0602. The predicted molar refractivity (Wildman–Crippen MR) is 108 cm³/mol. The number of phenolic OH excluding ortho intramolecular Hbond substituents is 2. The van der Waals surface area contributed by atoms with Crippen LogP contribution in [-0.4, -0.2) is 10.2 Å². The van der Waals surface area contributed by atoms with Crippen molar-refractivity contribution in [3.05, 3.63) is 23.8 Å². The molecule has 1 aromatic rings. The lowest BCUT2D eigenvalue weighted by Crippen LogP contribution is -2.13. The van der Waals surface area contributed by atoms with E-state index in [1.165, 1.54) is 57.4 Å². The highest BCUT2D eigenvalue weighted by Gasteiger charge is 2.23. The van der Waals surface area contributed by atoms with Crippen LogP contribution >= 0.6 is 0 Å². The number of phenols is 2. The van der Waals surface area contributed by atoms with Crippen molar-refractivity contribution in [2.75, 3.05) is 0 Å². The molecule has 2 heteroatoms. The molecule has 2 nitrogen and oxygen atoms in total. The molecule has 0 aliphatic heterocycles. The van der Waals surface area contributed by atoms with Crippen LogP contribution in [0.1, 0.15) is 96.5 Å². The molecule has 2 aliphatic rings. The Kier molecular flexibility index (Phi) is 11.4. The first-order valence-electron chi connectivity index (χ1n) is 10.7. The van der Waals surface area contributed by atoms with Crippen LogP contribution in [0, 0.1) is 18.8 Å². The molecule has 0 bridgehead atoms. The molecule has 0 aromatic heterocycles. The first-order chi connectivity index (χ1) is 12.2. The maximum atomic E-state index is 8.96. The zero-order valence-electron chi connectivity index (χ0n) is 16.8. The van der Waals surface area contributed by atoms with Crippen molar-refractivity contribution in [3.8, 4) is 11.5 Å². The summed E-state index contributed by atoms with van der Waals surface area (Å²) < 4.78 is 0. The molecule has 144 valence electrons. The van der Waals surface area contributed by atoms with Gasteiger partial charge in [0.2, 0.25) is 0 Å². The Hall–Kier alpha value is -1.18. The second-order valence-electron chi connectivity index (χ2n) is 7.45. The number of aromatic hydroxyl groups is 2. The van der Waals surface area contributed by atoms with E-state index in [0.29, 0.717) is 5.56 Å². The third-order valence-electron chi connectivity index (χ3n) is 5.68. The van der Waals surface area contributed by atoms with Gasteiger partial charge in [-0.3, -0.25) is 0 Å². The van der Waals surface area contributed by atoms with E-state index in [4.69, 9.17) is 10.2 Å². The number of hydrogen-bond acceptors (Lipinski definition) is 2. The summed E-state index contributed by atoms with van der Waals surface area (Å²) in [4.78, 5) is 0. The predicted octanol–water partition coefficient (Wildman–Crippen LogP) is 7.36. The van der Waals surface area contributed by atoms with E-state index in [-0.39, 0.29) is 11.5 Å². The largest absolute Gasteiger partial charge is 0.504 e. The number of para-hydroxylation sites is 1. The fraction of sp³-hybridized carbons (Fsp3) is 0.739. The summed E-state index contributed by atoms with van der Waals surface area (Å²) in [6, 6.07) is 4.86. The Balaban J connectivity index is 0.000000246. The second-order valence-corrected chi connectivity index (χ2v) is 7.45. The van der Waals surface area contributed by atoms with Gasteiger partial charge in [0.15, 0.2) is 11.5 Å². The molecular weight excluding hydrogens is 308 g/mol. The average Bonchev–Trinajstić information content (AvgIpc) is 3.07. The van der Waals surface area contributed by atoms with E-state index in [2.05, 4.69) is 0 Å². The van der Waals surface area contributed by atoms with Gasteiger partial charge in [-0.05, 0) is 30.4 Å². The molecule has 0 unspecified atom stereocenters. The van der Waals surface area contributed by atoms with Crippen molar-refractivity contribution in [1.82, 2.24) is 0 Å². The van der Waals surface area contributed by atoms with Crippen molar-refractivity contribution in [2.45, 2.75) is 97.8 Å². The minimum Gasteiger partial charge on any atom is -0.504 e. The molecule has 0 radical (unpaired) electrons. The summed E-state index contributed by atoms with van der Waals surface area (Å²) in [7, 11) is 0. The SMILES string of the molecule is C1CCCC(C2CCCCCC2)CC1.CC.Cc1cccc(O)c1O. The van der Waals surface area contributed by atoms with E-state index >= 15 is 0 Å². The molecule has 25 heavy (non-hydrogen) atoms. The molecule has 2 fully saturated rings. The van der Waals surface area contributed by atoms with Gasteiger partial charge in [-0.1, -0.05) is 103 Å². The zero-order chi connectivity index (χ0) is 18.5. The molecule has 2 saturated carbocycles. The van der Waals surface area contributed by atoms with Crippen LogP contribution in [0.25, 0.3) is 0 Å². The first-order valence-corrected chi connectivity index (χ1v) is 10.7. The van der Waals surface area contributed by atoms with Gasteiger partial charge < -0.3 is 10.2 Å². The molecule has 0 amide bonds. The van der Waals surface area contributed by atoms with Gasteiger partial charge in [-0.15, -0.1) is 0 Å². The number of rotatable bonds is 1. The van der Waals surface area contributed by atoms with Gasteiger partial charge >= 0.3 is 0 Å². The summed E-state index contributed by atoms with van der Waals surface area (Å²) in [6.45, 7) is 5.73. The standard InChI is InChI=1S/C14H26.C7H8O2.C2H6/c1-2-6-10-13(9-5-1)14-11-7-3-4-8-12-14;1-5-3-2-4-6(8)7(5)9;1-2/h13-14H,1-12H2;2-4,8-9H,1H3;1-2H3. The maximum Gasteiger partial charge on any atom is 0.160 e. The van der Waals surface area contributed by atoms with Crippen molar-refractivity contribution < 1.29 is 10.2 Å². The van der Waals surface area contributed by atoms with Crippen molar-refractivity contribution in [3.63, 3.8) is 0 Å². The van der Waals surface area contributed by atoms with E-state index in [1.54, 1.807) is 44.7 Å². The number of aryl methyl sites for hydroxylation is 1. The van der Waals surface area contributed by atoms with E-state index in [9.17, 15) is 0 Å². The van der Waals surface area contributed by atoms with Gasteiger partial charge in [-0.2, -0.15) is 0 Å². The second kappa shape index (κ2) is 13.1. The summed E-state index contributed by atoms with van der Waals surface area (Å²) in [6.07, 6.45) is 18.4. The Morgan fingerprint density at radius 2 is 1.08 bits per heavy atom. The van der Waals surface area contributed by atoms with Crippen molar-refractivity contribution in [2.24, 2.45) is 11.8 Å². The highest BCUT2D eigenvalue weighted by Crippen LogP contribution is 2.36. The highest BCUT2D eigenvalue weighted by molar-refractivity contribution is 5.43. The Morgan fingerprint density at radius 1 is 0.680 bits per heavy atom. The lowest BCUT2D eigenvalue weighted by atomic mass is 9.81. The van der Waals surface area contributed by atoms with Crippen LogP contribution in [0.15, 0.2) is 18.2 Å². The molecule has 0 heterocycles. The lowest BCUT2D eigenvalue weighted by Gasteiger charge is -2.24. The van der Waals surface area contributed by atoms with Crippen LogP contribution in [0.4, 0.5) is 0 Å². The fourth-order valence-corrected chi connectivity index (χ4v) is 4.21. The fourth-order valence-electron chi connectivity index (χ4n) is 4.21. The molecule has 2 N–H and O–H groups in total. The molecule has 1 aromatic carbocycles. The lowest BCUT2D eigenvalue weighted by molar-refractivity contribution is 0.269. The number of benzene rings is 1. The monoisotopic (exact) mass is 348 g/mol. The van der Waals surface area contributed by atoms with E-state index in [0.717, 1.165) is 11.8 Å². The maximum absolute atomic E-state index is 8.96. The molecule has 0 saturated heterocycles.